The van der Waals surface area contributed by atoms with Crippen molar-refractivity contribution in [3.63, 3.8) is 0 Å². The largest absolute Gasteiger partial charge is 0.371 e. The molecule has 100 valence electrons. The van der Waals surface area contributed by atoms with Gasteiger partial charge in [0.05, 0.1) is 12.2 Å². The predicted octanol–water partition coefficient (Wildman–Crippen LogP) is 2.13. The van der Waals surface area contributed by atoms with Gasteiger partial charge in [0.1, 0.15) is 5.82 Å². The molecule has 0 aliphatic rings. The van der Waals surface area contributed by atoms with Crippen LogP contribution in [0.5, 0.6) is 0 Å². The molecular weight excluding hydrogens is 235 g/mol. The lowest BCUT2D eigenvalue weighted by molar-refractivity contribution is -0.0326. The first-order chi connectivity index (χ1) is 8.39. The summed E-state index contributed by atoms with van der Waals surface area (Å²) in [5.74, 6) is 4.19. The number of hydrogen-bond donors (Lipinski definition) is 2. The van der Waals surface area contributed by atoms with Crippen molar-refractivity contribution >= 4 is 5.91 Å². The van der Waals surface area contributed by atoms with E-state index in [0.29, 0.717) is 11.1 Å². The summed E-state index contributed by atoms with van der Waals surface area (Å²) in [6, 6.07) is 4.07. The van der Waals surface area contributed by atoms with Crippen LogP contribution in [0.2, 0.25) is 0 Å². The fourth-order valence-corrected chi connectivity index (χ4v) is 1.29. The maximum Gasteiger partial charge on any atom is 0.265 e. The number of nitrogen functional groups attached to an aromatic ring is 1. The lowest BCUT2D eigenvalue weighted by Crippen LogP contribution is -2.30. The Balaban J connectivity index is 2.85. The van der Waals surface area contributed by atoms with Gasteiger partial charge >= 0.3 is 0 Å². The summed E-state index contributed by atoms with van der Waals surface area (Å²) in [5, 5.41) is 0. The molecule has 0 atom stereocenters. The van der Waals surface area contributed by atoms with E-state index in [0.717, 1.165) is 6.42 Å². The number of ether oxygens (including phenoxy) is 1. The molecule has 1 amide bonds. The van der Waals surface area contributed by atoms with E-state index < -0.39 is 11.7 Å². The number of rotatable bonds is 5. The highest BCUT2D eigenvalue weighted by molar-refractivity contribution is 5.93. The number of nitrogens with one attached hydrogen (secondary N) is 1. The van der Waals surface area contributed by atoms with Crippen LogP contribution in [-0.2, 0) is 11.3 Å². The van der Waals surface area contributed by atoms with Crippen LogP contribution in [0, 0.1) is 5.82 Å². The number of amides is 1. The minimum atomic E-state index is -0.453. The number of halogens is 1. The van der Waals surface area contributed by atoms with Gasteiger partial charge in [-0.2, -0.15) is 0 Å². The fourth-order valence-electron chi connectivity index (χ4n) is 1.29. The second-order valence-electron chi connectivity index (χ2n) is 4.68. The number of nitrogens with two attached hydrogens (primary N) is 1. The third-order valence-electron chi connectivity index (χ3n) is 2.91. The minimum Gasteiger partial charge on any atom is -0.371 e. The van der Waals surface area contributed by atoms with Crippen molar-refractivity contribution in [3.8, 4) is 0 Å². The summed E-state index contributed by atoms with van der Waals surface area (Å²) in [4.78, 5) is 11.3. The number of hydrogen-bond acceptors (Lipinski definition) is 3. The van der Waals surface area contributed by atoms with Gasteiger partial charge in [-0.15, -0.1) is 0 Å². The molecule has 0 bridgehead atoms. The number of carbonyl (C=O) groups excluding carboxylic acids is 1. The van der Waals surface area contributed by atoms with Crippen molar-refractivity contribution in [3.05, 3.63) is 35.1 Å². The van der Waals surface area contributed by atoms with Crippen LogP contribution in [0.15, 0.2) is 18.2 Å². The zero-order valence-electron chi connectivity index (χ0n) is 10.9. The molecule has 0 radical (unpaired) electrons. The first-order valence-electron chi connectivity index (χ1n) is 5.83. The molecule has 0 aromatic heterocycles. The zero-order valence-corrected chi connectivity index (χ0v) is 10.9. The van der Waals surface area contributed by atoms with Gasteiger partial charge in [0.25, 0.3) is 5.91 Å². The molecule has 0 heterocycles. The van der Waals surface area contributed by atoms with E-state index in [9.17, 15) is 9.18 Å². The van der Waals surface area contributed by atoms with E-state index >= 15 is 0 Å². The van der Waals surface area contributed by atoms with Crippen molar-refractivity contribution in [2.45, 2.75) is 39.4 Å². The van der Waals surface area contributed by atoms with Crippen molar-refractivity contribution in [1.29, 1.82) is 0 Å². The minimum absolute atomic E-state index is 0.123. The van der Waals surface area contributed by atoms with Crippen LogP contribution >= 0.6 is 0 Å². The van der Waals surface area contributed by atoms with Crippen LogP contribution in [0.1, 0.15) is 43.1 Å². The topological polar surface area (TPSA) is 64.3 Å². The molecule has 1 rings (SSSR count). The Morgan fingerprint density at radius 3 is 2.72 bits per heavy atom. The highest BCUT2D eigenvalue weighted by Gasteiger charge is 2.17. The summed E-state index contributed by atoms with van der Waals surface area (Å²) in [6.07, 6.45) is 0.817. The first kappa shape index (κ1) is 14.6. The van der Waals surface area contributed by atoms with Crippen LogP contribution in [0.3, 0.4) is 0 Å². The molecule has 4 nitrogen and oxygen atoms in total. The molecule has 0 unspecified atom stereocenters. The fraction of sp³-hybridized carbons (Fsp3) is 0.462. The lowest BCUT2D eigenvalue weighted by atomic mass is 10.1. The molecule has 0 fully saturated rings. The Kier molecular flexibility index (Phi) is 4.81. The third kappa shape index (κ3) is 3.78. The average Bonchev–Trinajstić information content (AvgIpc) is 2.37. The summed E-state index contributed by atoms with van der Waals surface area (Å²) in [7, 11) is 0. The maximum absolute atomic E-state index is 13.6. The average molecular weight is 254 g/mol. The van der Waals surface area contributed by atoms with Gasteiger partial charge in [-0.1, -0.05) is 6.92 Å². The molecule has 3 N–H and O–H groups in total. The lowest BCUT2D eigenvalue weighted by Gasteiger charge is -2.23. The normalized spacial score (nSPS) is 11.4. The SMILES string of the molecule is CCC(C)(C)OCc1cc(C(=O)NN)ccc1F. The maximum atomic E-state index is 13.6. The third-order valence-corrected chi connectivity index (χ3v) is 2.91. The Hall–Kier alpha value is -1.46. The van der Waals surface area contributed by atoms with Crippen LogP contribution in [0.25, 0.3) is 0 Å². The Morgan fingerprint density at radius 2 is 2.17 bits per heavy atom. The van der Waals surface area contributed by atoms with E-state index in [2.05, 4.69) is 0 Å². The molecule has 5 heteroatoms. The van der Waals surface area contributed by atoms with E-state index in [4.69, 9.17) is 10.6 Å². The molecule has 0 spiro atoms. The Labute approximate surface area is 106 Å². The summed E-state index contributed by atoms with van der Waals surface area (Å²) < 4.78 is 19.2. The second-order valence-corrected chi connectivity index (χ2v) is 4.68. The monoisotopic (exact) mass is 254 g/mol. The molecule has 18 heavy (non-hydrogen) atoms. The van der Waals surface area contributed by atoms with E-state index in [-0.39, 0.29) is 12.2 Å². The molecule has 0 aliphatic heterocycles. The van der Waals surface area contributed by atoms with Crippen LogP contribution < -0.4 is 11.3 Å². The van der Waals surface area contributed by atoms with E-state index in [1.165, 1.54) is 18.2 Å². The first-order valence-corrected chi connectivity index (χ1v) is 5.83. The number of benzene rings is 1. The molecule has 0 saturated carbocycles. The van der Waals surface area contributed by atoms with Crippen LogP contribution in [0.4, 0.5) is 4.39 Å². The van der Waals surface area contributed by atoms with Crippen molar-refractivity contribution in [2.75, 3.05) is 0 Å². The Bertz CT molecular complexity index is 433. The molecule has 0 saturated heterocycles. The standard InChI is InChI=1S/C13H19FN2O2/c1-4-13(2,3)18-8-10-7-9(12(17)16-15)5-6-11(10)14/h5-7H,4,8,15H2,1-3H3,(H,16,17). The quantitative estimate of drug-likeness (QED) is 0.480. The Morgan fingerprint density at radius 1 is 1.50 bits per heavy atom. The molecule has 1 aromatic rings. The number of hydrazine groups is 1. The zero-order chi connectivity index (χ0) is 13.8. The molecular formula is C13H19FN2O2. The van der Waals surface area contributed by atoms with Crippen molar-refractivity contribution < 1.29 is 13.9 Å². The second kappa shape index (κ2) is 5.93. The van der Waals surface area contributed by atoms with Gasteiger partial charge in [-0.3, -0.25) is 10.2 Å². The van der Waals surface area contributed by atoms with E-state index in [1.807, 2.05) is 26.2 Å². The van der Waals surface area contributed by atoms with Gasteiger partial charge in [0.2, 0.25) is 0 Å². The van der Waals surface area contributed by atoms with Crippen LogP contribution in [-0.4, -0.2) is 11.5 Å². The van der Waals surface area contributed by atoms with Gasteiger partial charge in [-0.25, -0.2) is 10.2 Å². The highest BCUT2D eigenvalue weighted by atomic mass is 19.1. The van der Waals surface area contributed by atoms with Crippen molar-refractivity contribution in [1.82, 2.24) is 5.43 Å². The summed E-state index contributed by atoms with van der Waals surface area (Å²) in [6.45, 7) is 5.98. The molecule has 0 aliphatic carbocycles. The number of carbonyl (C=O) groups is 1. The predicted molar refractivity (Wildman–Crippen MR) is 67.2 cm³/mol. The highest BCUT2D eigenvalue weighted by Crippen LogP contribution is 2.19. The van der Waals surface area contributed by atoms with Gasteiger partial charge in [0, 0.05) is 11.1 Å². The summed E-state index contributed by atoms with van der Waals surface area (Å²) in [5.41, 5.74) is 2.35. The summed E-state index contributed by atoms with van der Waals surface area (Å²) >= 11 is 0. The molecule has 1 aromatic carbocycles. The van der Waals surface area contributed by atoms with E-state index in [1.54, 1.807) is 0 Å². The smallest absolute Gasteiger partial charge is 0.265 e. The van der Waals surface area contributed by atoms with Gasteiger partial charge in [0.15, 0.2) is 0 Å². The van der Waals surface area contributed by atoms with Gasteiger partial charge < -0.3 is 4.74 Å². The van der Waals surface area contributed by atoms with Gasteiger partial charge in [-0.05, 0) is 38.5 Å². The van der Waals surface area contributed by atoms with Crippen molar-refractivity contribution in [2.24, 2.45) is 5.84 Å².